The van der Waals surface area contributed by atoms with Crippen LogP contribution in [0.5, 0.6) is 23.0 Å². The zero-order valence-electron chi connectivity index (χ0n) is 13.2. The number of Topliss-reactive ketones (excluding diaryl/α,β-unsaturated/α-hetero) is 1. The molecule has 3 rings (SSSR count). The minimum atomic E-state index is -0.547. The highest BCUT2D eigenvalue weighted by Gasteiger charge is 2.16. The summed E-state index contributed by atoms with van der Waals surface area (Å²) in [4.78, 5) is 23.7. The van der Waals surface area contributed by atoms with Crippen LogP contribution in [0.1, 0.15) is 22.3 Å². The first-order chi connectivity index (χ1) is 12.0. The van der Waals surface area contributed by atoms with Crippen LogP contribution < -0.4 is 9.47 Å². The number of benzene rings is 2. The topological polar surface area (TPSA) is 102 Å². The highest BCUT2D eigenvalue weighted by atomic mass is 16.7. The predicted molar refractivity (Wildman–Crippen MR) is 85.9 cm³/mol. The fraction of sp³-hybridized carbons (Fsp3) is 0.222. The van der Waals surface area contributed by atoms with Gasteiger partial charge in [0.1, 0.15) is 11.5 Å². The second kappa shape index (κ2) is 7.12. The Morgan fingerprint density at radius 2 is 1.84 bits per heavy atom. The van der Waals surface area contributed by atoms with Crippen molar-refractivity contribution in [1.29, 1.82) is 0 Å². The van der Waals surface area contributed by atoms with Crippen LogP contribution in [0.4, 0.5) is 0 Å². The Labute approximate surface area is 143 Å². The van der Waals surface area contributed by atoms with Gasteiger partial charge in [0, 0.05) is 12.5 Å². The Kier molecular flexibility index (Phi) is 4.74. The van der Waals surface area contributed by atoms with Crippen molar-refractivity contribution in [3.8, 4) is 23.0 Å². The molecule has 0 saturated heterocycles. The number of phenols is 2. The molecule has 25 heavy (non-hydrogen) atoms. The van der Waals surface area contributed by atoms with Crippen LogP contribution in [0.25, 0.3) is 0 Å². The third kappa shape index (κ3) is 4.00. The van der Waals surface area contributed by atoms with Gasteiger partial charge < -0.3 is 24.4 Å². The van der Waals surface area contributed by atoms with E-state index in [1.165, 1.54) is 12.1 Å². The van der Waals surface area contributed by atoms with E-state index >= 15 is 0 Å². The van der Waals surface area contributed by atoms with Gasteiger partial charge in [-0.15, -0.1) is 0 Å². The molecule has 0 bridgehead atoms. The molecule has 1 aliphatic rings. The van der Waals surface area contributed by atoms with Crippen LogP contribution in [0, 0.1) is 0 Å². The summed E-state index contributed by atoms with van der Waals surface area (Å²) in [5, 5.41) is 18.8. The summed E-state index contributed by atoms with van der Waals surface area (Å²) in [6, 6.07) is 9.01. The molecule has 0 spiro atoms. The lowest BCUT2D eigenvalue weighted by Gasteiger charge is -2.07. The molecule has 0 atom stereocenters. The summed E-state index contributed by atoms with van der Waals surface area (Å²) >= 11 is 0. The molecule has 0 aromatic heterocycles. The van der Waals surface area contributed by atoms with E-state index in [1.807, 2.05) is 6.07 Å². The van der Waals surface area contributed by atoms with Crippen molar-refractivity contribution in [1.82, 2.24) is 0 Å². The Bertz CT molecular complexity index is 813. The van der Waals surface area contributed by atoms with Gasteiger partial charge in [0.2, 0.25) is 12.6 Å². The number of fused-ring (bicyclic) bond motifs is 1. The van der Waals surface area contributed by atoms with Crippen LogP contribution in [0.3, 0.4) is 0 Å². The Balaban J connectivity index is 1.48. The average molecular weight is 344 g/mol. The van der Waals surface area contributed by atoms with Crippen LogP contribution in [-0.4, -0.2) is 35.4 Å². The van der Waals surface area contributed by atoms with E-state index in [9.17, 15) is 19.8 Å². The molecule has 0 aliphatic carbocycles. The summed E-state index contributed by atoms with van der Waals surface area (Å²) in [6.45, 7) is -0.286. The van der Waals surface area contributed by atoms with Crippen molar-refractivity contribution in [2.45, 2.75) is 12.8 Å². The maximum atomic E-state index is 11.9. The normalized spacial score (nSPS) is 12.0. The summed E-state index contributed by atoms with van der Waals surface area (Å²) in [5.74, 6) is -0.274. The molecule has 2 aromatic rings. The smallest absolute Gasteiger partial charge is 0.306 e. The first kappa shape index (κ1) is 16.6. The standard InChI is InChI=1S/C18H16O7/c19-12-3-4-13(14(20)8-12)15(21)9-23-18(22)6-2-11-1-5-16-17(7-11)25-10-24-16/h1,3-5,7-8,19-20H,2,6,9-10H2. The zero-order chi connectivity index (χ0) is 17.8. The van der Waals surface area contributed by atoms with Crippen molar-refractivity contribution in [3.63, 3.8) is 0 Å². The van der Waals surface area contributed by atoms with Crippen LogP contribution >= 0.6 is 0 Å². The van der Waals surface area contributed by atoms with Gasteiger partial charge in [-0.3, -0.25) is 9.59 Å². The number of hydrogen-bond acceptors (Lipinski definition) is 7. The zero-order valence-corrected chi connectivity index (χ0v) is 13.2. The molecule has 2 aromatic carbocycles. The van der Waals surface area contributed by atoms with Gasteiger partial charge in [0.05, 0.1) is 5.56 Å². The van der Waals surface area contributed by atoms with Crippen molar-refractivity contribution in [3.05, 3.63) is 47.5 Å². The van der Waals surface area contributed by atoms with Gasteiger partial charge in [-0.25, -0.2) is 0 Å². The van der Waals surface area contributed by atoms with E-state index in [2.05, 4.69) is 0 Å². The number of phenolic OH excluding ortho intramolecular Hbond substituents is 2. The van der Waals surface area contributed by atoms with Gasteiger partial charge in [-0.2, -0.15) is 0 Å². The summed E-state index contributed by atoms with van der Waals surface area (Å²) < 4.78 is 15.4. The molecule has 7 heteroatoms. The third-order valence-electron chi connectivity index (χ3n) is 3.70. The molecule has 130 valence electrons. The Morgan fingerprint density at radius 3 is 2.64 bits per heavy atom. The van der Waals surface area contributed by atoms with Gasteiger partial charge in [0.15, 0.2) is 18.1 Å². The van der Waals surface area contributed by atoms with Crippen LogP contribution in [0.2, 0.25) is 0 Å². The Hall–Kier alpha value is -3.22. The number of carbonyl (C=O) groups excluding carboxylic acids is 2. The summed E-state index contributed by atoms with van der Waals surface area (Å²) in [6.07, 6.45) is 0.544. The highest BCUT2D eigenvalue weighted by molar-refractivity contribution is 6.00. The SMILES string of the molecule is O=C(CCc1ccc2c(c1)OCO2)OCC(=O)c1ccc(O)cc1O. The van der Waals surface area contributed by atoms with Crippen molar-refractivity contribution in [2.24, 2.45) is 0 Å². The number of aryl methyl sites for hydroxylation is 1. The van der Waals surface area contributed by atoms with Crippen LogP contribution in [0.15, 0.2) is 36.4 Å². The number of aromatic hydroxyl groups is 2. The number of hydrogen-bond donors (Lipinski definition) is 2. The lowest BCUT2D eigenvalue weighted by atomic mass is 10.1. The molecule has 1 aliphatic heterocycles. The lowest BCUT2D eigenvalue weighted by Crippen LogP contribution is -2.14. The van der Waals surface area contributed by atoms with E-state index in [4.69, 9.17) is 14.2 Å². The van der Waals surface area contributed by atoms with E-state index in [-0.39, 0.29) is 30.3 Å². The predicted octanol–water partition coefficient (Wildman–Crippen LogP) is 2.19. The molecular weight excluding hydrogens is 328 g/mol. The van der Waals surface area contributed by atoms with E-state index in [1.54, 1.807) is 12.1 Å². The molecular formula is C18H16O7. The number of esters is 1. The van der Waals surface area contributed by atoms with Gasteiger partial charge in [-0.1, -0.05) is 6.07 Å². The molecule has 7 nitrogen and oxygen atoms in total. The fourth-order valence-electron chi connectivity index (χ4n) is 2.39. The molecule has 0 radical (unpaired) electrons. The van der Waals surface area contributed by atoms with Gasteiger partial charge in [0.25, 0.3) is 0 Å². The molecule has 1 heterocycles. The quantitative estimate of drug-likeness (QED) is 0.611. The molecule has 2 N–H and O–H groups in total. The number of rotatable bonds is 6. The lowest BCUT2D eigenvalue weighted by molar-refractivity contribution is -0.142. The van der Waals surface area contributed by atoms with Crippen LogP contribution in [-0.2, 0) is 16.0 Å². The van der Waals surface area contributed by atoms with Gasteiger partial charge >= 0.3 is 5.97 Å². The average Bonchev–Trinajstić information content (AvgIpc) is 3.05. The maximum Gasteiger partial charge on any atom is 0.306 e. The second-order valence-electron chi connectivity index (χ2n) is 5.47. The first-order valence-corrected chi connectivity index (χ1v) is 7.62. The largest absolute Gasteiger partial charge is 0.508 e. The van der Waals surface area contributed by atoms with E-state index in [0.717, 1.165) is 11.6 Å². The minimum absolute atomic E-state index is 0.0126. The summed E-state index contributed by atoms with van der Waals surface area (Å²) in [5.41, 5.74) is 0.880. The molecule has 0 unspecified atom stereocenters. The molecule has 0 fully saturated rings. The number of ketones is 1. The Morgan fingerprint density at radius 1 is 1.04 bits per heavy atom. The fourth-order valence-corrected chi connectivity index (χ4v) is 2.39. The van der Waals surface area contributed by atoms with Crippen molar-refractivity contribution < 1.29 is 34.0 Å². The highest BCUT2D eigenvalue weighted by Crippen LogP contribution is 2.32. The van der Waals surface area contributed by atoms with Crippen molar-refractivity contribution >= 4 is 11.8 Å². The van der Waals surface area contributed by atoms with Gasteiger partial charge in [-0.05, 0) is 36.2 Å². The third-order valence-corrected chi connectivity index (χ3v) is 3.70. The monoisotopic (exact) mass is 344 g/mol. The summed E-state index contributed by atoms with van der Waals surface area (Å²) in [7, 11) is 0. The number of carbonyl (C=O) groups is 2. The van der Waals surface area contributed by atoms with Crippen molar-refractivity contribution in [2.75, 3.05) is 13.4 Å². The van der Waals surface area contributed by atoms with E-state index in [0.29, 0.717) is 17.9 Å². The molecule has 0 amide bonds. The van der Waals surface area contributed by atoms with E-state index < -0.39 is 18.4 Å². The number of ether oxygens (including phenoxy) is 3. The maximum absolute atomic E-state index is 11.9. The first-order valence-electron chi connectivity index (χ1n) is 7.62. The minimum Gasteiger partial charge on any atom is -0.508 e. The second-order valence-corrected chi connectivity index (χ2v) is 5.47. The molecule has 0 saturated carbocycles.